The lowest BCUT2D eigenvalue weighted by Gasteiger charge is -2.23. The van der Waals surface area contributed by atoms with Crippen molar-refractivity contribution in [1.82, 2.24) is 14.8 Å². The van der Waals surface area contributed by atoms with E-state index < -0.39 is 11.7 Å². The molecular formula is C30H38F3N3OS. The number of carbonyl (C=O) groups excluding carboxylic acids is 1. The molecular weight excluding hydrogens is 507 g/mol. The van der Waals surface area contributed by atoms with Crippen LogP contribution in [0.3, 0.4) is 0 Å². The third-order valence-electron chi connectivity index (χ3n) is 6.29. The van der Waals surface area contributed by atoms with E-state index in [9.17, 15) is 18.0 Å². The van der Waals surface area contributed by atoms with Crippen LogP contribution in [0.1, 0.15) is 85.2 Å². The molecule has 2 aromatic carbocycles. The molecule has 0 aliphatic heterocycles. The lowest BCUT2D eigenvalue weighted by Crippen LogP contribution is -2.32. The molecule has 0 aliphatic carbocycles. The molecule has 0 radical (unpaired) electrons. The largest absolute Gasteiger partial charge is 0.416 e. The van der Waals surface area contributed by atoms with Crippen LogP contribution in [0.5, 0.6) is 0 Å². The topological polar surface area (TPSA) is 36.4 Å². The van der Waals surface area contributed by atoms with Gasteiger partial charge in [-0.25, -0.2) is 4.98 Å². The molecule has 206 valence electrons. The van der Waals surface area contributed by atoms with Gasteiger partial charge in [-0.3, -0.25) is 9.69 Å². The third kappa shape index (κ3) is 8.40. The number of nitrogens with zero attached hydrogens (tertiary/aromatic N) is 3. The predicted molar refractivity (Wildman–Crippen MR) is 148 cm³/mol. The van der Waals surface area contributed by atoms with Gasteiger partial charge in [-0.05, 0) is 41.0 Å². The van der Waals surface area contributed by atoms with Gasteiger partial charge in [-0.15, -0.1) is 11.3 Å². The first-order chi connectivity index (χ1) is 17.9. The van der Waals surface area contributed by atoms with E-state index in [1.165, 1.54) is 29.0 Å². The molecule has 0 bridgehead atoms. The van der Waals surface area contributed by atoms with Crippen molar-refractivity contribution in [3.05, 3.63) is 86.9 Å². The van der Waals surface area contributed by atoms with Gasteiger partial charge in [0.25, 0.3) is 5.91 Å². The molecule has 0 unspecified atom stereocenters. The third-order valence-corrected chi connectivity index (χ3v) is 7.12. The van der Waals surface area contributed by atoms with Gasteiger partial charge in [0.15, 0.2) is 0 Å². The van der Waals surface area contributed by atoms with E-state index in [0.717, 1.165) is 29.5 Å². The fraction of sp³-hybridized carbons (Fsp3) is 0.467. The Balaban J connectivity index is 1.84. The van der Waals surface area contributed by atoms with E-state index in [-0.39, 0.29) is 11.3 Å². The van der Waals surface area contributed by atoms with Crippen molar-refractivity contribution in [3.8, 4) is 0 Å². The molecule has 0 N–H and O–H groups in total. The molecule has 38 heavy (non-hydrogen) atoms. The van der Waals surface area contributed by atoms with Crippen molar-refractivity contribution in [1.29, 1.82) is 0 Å². The maximum Gasteiger partial charge on any atom is 0.416 e. The Morgan fingerprint density at radius 2 is 1.50 bits per heavy atom. The zero-order valence-corrected chi connectivity index (χ0v) is 23.8. The maximum atomic E-state index is 13.3. The smallest absolute Gasteiger partial charge is 0.337 e. The summed E-state index contributed by atoms with van der Waals surface area (Å²) in [4.78, 5) is 21.5. The van der Waals surface area contributed by atoms with Crippen LogP contribution in [-0.2, 0) is 31.2 Å². The first-order valence-electron chi connectivity index (χ1n) is 13.1. The molecule has 3 rings (SSSR count). The second kappa shape index (κ2) is 12.9. The van der Waals surface area contributed by atoms with Crippen LogP contribution in [0.25, 0.3) is 0 Å². The van der Waals surface area contributed by atoms with Crippen molar-refractivity contribution < 1.29 is 18.0 Å². The van der Waals surface area contributed by atoms with Gasteiger partial charge >= 0.3 is 6.18 Å². The van der Waals surface area contributed by atoms with Gasteiger partial charge < -0.3 is 4.90 Å². The normalized spacial score (nSPS) is 12.2. The highest BCUT2D eigenvalue weighted by atomic mass is 32.1. The lowest BCUT2D eigenvalue weighted by molar-refractivity contribution is -0.137. The van der Waals surface area contributed by atoms with Gasteiger partial charge in [0.2, 0.25) is 0 Å². The zero-order valence-electron chi connectivity index (χ0n) is 22.9. The fourth-order valence-electron chi connectivity index (χ4n) is 4.33. The van der Waals surface area contributed by atoms with Crippen LogP contribution in [0.4, 0.5) is 13.2 Å². The minimum atomic E-state index is -4.39. The number of halogens is 3. The Morgan fingerprint density at radius 3 is 2.08 bits per heavy atom. The summed E-state index contributed by atoms with van der Waals surface area (Å²) in [6.07, 6.45) is -2.64. The minimum absolute atomic E-state index is 0.0313. The minimum Gasteiger partial charge on any atom is -0.337 e. The van der Waals surface area contributed by atoms with Crippen LogP contribution in [0.15, 0.2) is 53.9 Å². The fourth-order valence-corrected chi connectivity index (χ4v) is 5.14. The number of rotatable bonds is 11. The second-order valence-electron chi connectivity index (χ2n) is 10.7. The summed E-state index contributed by atoms with van der Waals surface area (Å²) in [5, 5.41) is 2.55. The Labute approximate surface area is 228 Å². The number of benzene rings is 2. The summed E-state index contributed by atoms with van der Waals surface area (Å²) in [7, 11) is 0. The van der Waals surface area contributed by atoms with Gasteiger partial charge in [0.1, 0.15) is 10.7 Å². The Hall–Kier alpha value is -2.71. The molecule has 0 aliphatic rings. The molecule has 4 nitrogen and oxygen atoms in total. The molecule has 8 heteroatoms. The number of alkyl halides is 3. The average molecular weight is 546 g/mol. The molecule has 0 atom stereocenters. The van der Waals surface area contributed by atoms with E-state index in [1.807, 2.05) is 18.7 Å². The number of hydrogen-bond acceptors (Lipinski definition) is 4. The second-order valence-corrected chi connectivity index (χ2v) is 11.7. The molecule has 0 saturated heterocycles. The summed E-state index contributed by atoms with van der Waals surface area (Å²) in [5.41, 5.74) is 2.67. The van der Waals surface area contributed by atoms with Crippen molar-refractivity contribution in [2.24, 2.45) is 0 Å². The molecule has 1 aromatic heterocycles. The molecule has 0 spiro atoms. The highest BCUT2D eigenvalue weighted by Crippen LogP contribution is 2.30. The van der Waals surface area contributed by atoms with Crippen LogP contribution in [0.2, 0.25) is 0 Å². The summed E-state index contributed by atoms with van der Waals surface area (Å²) >= 11 is 1.41. The van der Waals surface area contributed by atoms with E-state index >= 15 is 0 Å². The average Bonchev–Trinajstić information content (AvgIpc) is 3.31. The van der Waals surface area contributed by atoms with Crippen LogP contribution in [0, 0.1) is 0 Å². The van der Waals surface area contributed by atoms with Crippen molar-refractivity contribution in [3.63, 3.8) is 0 Å². The van der Waals surface area contributed by atoms with Crippen molar-refractivity contribution in [2.75, 3.05) is 13.1 Å². The standard InChI is InChI=1S/C30H38F3N3OS/c1-6-15-36(16-7-2)28(37)26-21-38-27(34-26)20-35(18-22-11-13-24(14-12-22)29(3,4)5)19-23-9-8-10-25(17-23)30(31,32)33/h8-14,17,21H,6-7,15-16,18-20H2,1-5H3. The van der Waals surface area contributed by atoms with Gasteiger partial charge in [0, 0.05) is 31.6 Å². The molecule has 1 heterocycles. The number of hydrogen-bond donors (Lipinski definition) is 0. The van der Waals surface area contributed by atoms with Crippen LogP contribution >= 0.6 is 11.3 Å². The first-order valence-corrected chi connectivity index (χ1v) is 14.0. The first kappa shape index (κ1) is 29.8. The van der Waals surface area contributed by atoms with Gasteiger partial charge in [-0.2, -0.15) is 13.2 Å². The van der Waals surface area contributed by atoms with Crippen molar-refractivity contribution >= 4 is 17.2 Å². The Morgan fingerprint density at radius 1 is 0.868 bits per heavy atom. The maximum absolute atomic E-state index is 13.3. The van der Waals surface area contributed by atoms with E-state index in [0.29, 0.717) is 44.0 Å². The van der Waals surface area contributed by atoms with E-state index in [4.69, 9.17) is 0 Å². The summed E-state index contributed by atoms with van der Waals surface area (Å²) < 4.78 is 40.0. The lowest BCUT2D eigenvalue weighted by atomic mass is 9.87. The number of thiazole rings is 1. The van der Waals surface area contributed by atoms with Gasteiger partial charge in [0.05, 0.1) is 12.1 Å². The van der Waals surface area contributed by atoms with E-state index in [2.05, 4.69) is 54.9 Å². The summed E-state index contributed by atoms with van der Waals surface area (Å²) in [6, 6.07) is 13.8. The quantitative estimate of drug-likeness (QED) is 0.246. The molecule has 3 aromatic rings. The summed E-state index contributed by atoms with van der Waals surface area (Å²) in [6.45, 7) is 13.2. The number of amides is 1. The Kier molecular flexibility index (Phi) is 10.1. The van der Waals surface area contributed by atoms with Crippen molar-refractivity contribution in [2.45, 2.75) is 78.7 Å². The summed E-state index contributed by atoms with van der Waals surface area (Å²) in [5.74, 6) is -0.0709. The van der Waals surface area contributed by atoms with E-state index in [1.54, 1.807) is 11.4 Å². The molecule has 1 amide bonds. The Bertz CT molecular complexity index is 1180. The molecule has 0 fully saturated rings. The van der Waals surface area contributed by atoms with Crippen LogP contribution in [-0.4, -0.2) is 33.8 Å². The highest BCUT2D eigenvalue weighted by Gasteiger charge is 2.30. The SMILES string of the molecule is CCCN(CCC)C(=O)c1csc(CN(Cc2ccc(C(C)(C)C)cc2)Cc2cccc(C(F)(F)F)c2)n1. The van der Waals surface area contributed by atoms with Crippen LogP contribution < -0.4 is 0 Å². The zero-order chi connectivity index (χ0) is 27.9. The van der Waals surface area contributed by atoms with Gasteiger partial charge in [-0.1, -0.05) is 77.1 Å². The number of aromatic nitrogens is 1. The monoisotopic (exact) mass is 545 g/mol. The number of carbonyl (C=O) groups is 1. The highest BCUT2D eigenvalue weighted by molar-refractivity contribution is 7.09. The molecule has 0 saturated carbocycles. The predicted octanol–water partition coefficient (Wildman–Crippen LogP) is 7.92.